The van der Waals surface area contributed by atoms with Gasteiger partial charge in [0.05, 0.1) is 0 Å². The molecule has 5 heteroatoms. The number of carbonyl (C=O) groups excluding carboxylic acids is 1. The summed E-state index contributed by atoms with van der Waals surface area (Å²) in [7, 11) is 1.89. The summed E-state index contributed by atoms with van der Waals surface area (Å²) in [4.78, 5) is 16.8. The highest BCUT2D eigenvalue weighted by Crippen LogP contribution is 2.54. The van der Waals surface area contributed by atoms with Gasteiger partial charge < -0.3 is 15.4 Å². The van der Waals surface area contributed by atoms with Crippen molar-refractivity contribution in [2.75, 3.05) is 20.1 Å². The lowest BCUT2D eigenvalue weighted by Gasteiger charge is -2.62. The summed E-state index contributed by atoms with van der Waals surface area (Å²) in [6.45, 7) is 10.1. The fraction of sp³-hybridized carbons (Fsp3) is 0.720. The smallest absolute Gasteiger partial charge is 0.410 e. The molecule has 0 aromatic heterocycles. The molecule has 0 radical (unpaired) electrons. The van der Waals surface area contributed by atoms with Gasteiger partial charge >= 0.3 is 6.09 Å². The molecule has 2 saturated carbocycles. The maximum atomic E-state index is 12.4. The molecule has 3 fully saturated rings. The van der Waals surface area contributed by atoms with Gasteiger partial charge in [-0.25, -0.2) is 4.79 Å². The van der Waals surface area contributed by atoms with Gasteiger partial charge in [-0.15, -0.1) is 0 Å². The Labute approximate surface area is 181 Å². The second-order valence-corrected chi connectivity index (χ2v) is 11.2. The van der Waals surface area contributed by atoms with Gasteiger partial charge in [0.25, 0.3) is 0 Å². The highest BCUT2D eigenvalue weighted by Gasteiger charge is 2.55. The van der Waals surface area contributed by atoms with Crippen LogP contribution in [0, 0.1) is 11.3 Å². The van der Waals surface area contributed by atoms with Crippen molar-refractivity contribution >= 4 is 6.09 Å². The third-order valence-corrected chi connectivity index (χ3v) is 7.18. The van der Waals surface area contributed by atoms with E-state index in [4.69, 9.17) is 10.5 Å². The number of ether oxygens (including phenoxy) is 1. The summed E-state index contributed by atoms with van der Waals surface area (Å²) in [5.74, 6) is 0.895. The molecule has 4 rings (SSSR count). The number of hydrogen-bond donors (Lipinski definition) is 1. The first-order chi connectivity index (χ1) is 14.1. The maximum Gasteiger partial charge on any atom is 0.410 e. The predicted molar refractivity (Wildman–Crippen MR) is 120 cm³/mol. The first kappa shape index (κ1) is 21.6. The van der Waals surface area contributed by atoms with E-state index in [-0.39, 0.29) is 12.1 Å². The van der Waals surface area contributed by atoms with Crippen molar-refractivity contribution in [2.45, 2.75) is 83.5 Å². The van der Waals surface area contributed by atoms with Gasteiger partial charge in [0, 0.05) is 38.3 Å². The Morgan fingerprint density at radius 3 is 2.27 bits per heavy atom. The van der Waals surface area contributed by atoms with E-state index in [9.17, 15) is 4.79 Å². The van der Waals surface area contributed by atoms with E-state index in [1.807, 2.05) is 39.6 Å². The third kappa shape index (κ3) is 4.67. The van der Waals surface area contributed by atoms with Crippen LogP contribution < -0.4 is 5.73 Å². The monoisotopic (exact) mass is 413 g/mol. The molecular weight excluding hydrogens is 374 g/mol. The average Bonchev–Trinajstić information content (AvgIpc) is 3.40. The zero-order valence-electron chi connectivity index (χ0n) is 19.4. The Kier molecular flexibility index (Phi) is 5.65. The number of nitrogens with two attached hydrogens (primary N) is 1. The van der Waals surface area contributed by atoms with Crippen LogP contribution in [0.1, 0.15) is 83.0 Å². The van der Waals surface area contributed by atoms with Crippen LogP contribution in [-0.4, -0.2) is 47.7 Å². The predicted octanol–water partition coefficient (Wildman–Crippen LogP) is 4.88. The second kappa shape index (κ2) is 7.83. The summed E-state index contributed by atoms with van der Waals surface area (Å²) in [5.41, 5.74) is 8.63. The fourth-order valence-electron chi connectivity index (χ4n) is 5.18. The van der Waals surface area contributed by atoms with Crippen LogP contribution in [0.5, 0.6) is 0 Å². The topological polar surface area (TPSA) is 58.8 Å². The molecule has 1 aromatic carbocycles. The maximum absolute atomic E-state index is 12.4. The van der Waals surface area contributed by atoms with Gasteiger partial charge in [-0.3, -0.25) is 4.90 Å². The molecule has 1 spiro atoms. The Hall–Kier alpha value is -1.59. The average molecular weight is 414 g/mol. The van der Waals surface area contributed by atoms with E-state index in [0.29, 0.717) is 17.5 Å². The highest BCUT2D eigenvalue weighted by atomic mass is 16.6. The Balaban J connectivity index is 1.33. The molecule has 1 unspecified atom stereocenters. The lowest BCUT2D eigenvalue weighted by Crippen LogP contribution is -2.67. The third-order valence-electron chi connectivity index (χ3n) is 7.18. The van der Waals surface area contributed by atoms with E-state index >= 15 is 0 Å². The standard InChI is InChI=1S/C25H39N3O2/c1-17(26)19-8-10-20(11-9-19)22(12-18-6-7-18)28-15-25(16-28)13-21(14-25)27(5)23(29)30-24(2,3)4/h8-11,17-18,21-22H,6-7,12-16,26H2,1-5H3/t17-,22?/m0/s1. The van der Waals surface area contributed by atoms with Gasteiger partial charge in [0.1, 0.15) is 5.60 Å². The van der Waals surface area contributed by atoms with Crippen molar-refractivity contribution in [3.63, 3.8) is 0 Å². The number of nitrogens with zero attached hydrogens (tertiary/aromatic N) is 2. The highest BCUT2D eigenvalue weighted by molar-refractivity contribution is 5.68. The van der Waals surface area contributed by atoms with Crippen LogP contribution in [0.25, 0.3) is 0 Å². The minimum Gasteiger partial charge on any atom is -0.444 e. The van der Waals surface area contributed by atoms with Crippen molar-refractivity contribution < 1.29 is 9.53 Å². The lowest BCUT2D eigenvalue weighted by molar-refractivity contribution is -0.122. The minimum atomic E-state index is -0.437. The van der Waals surface area contributed by atoms with E-state index in [2.05, 4.69) is 29.2 Å². The normalized spacial score (nSPS) is 23.4. The molecule has 1 amide bonds. The minimum absolute atomic E-state index is 0.0853. The van der Waals surface area contributed by atoms with Gasteiger partial charge in [-0.2, -0.15) is 0 Å². The van der Waals surface area contributed by atoms with E-state index in [1.54, 1.807) is 0 Å². The van der Waals surface area contributed by atoms with Gasteiger partial charge in [0.2, 0.25) is 0 Å². The summed E-state index contributed by atoms with van der Waals surface area (Å²) in [6, 6.07) is 9.90. The summed E-state index contributed by atoms with van der Waals surface area (Å²) in [6.07, 6.45) is 6.04. The molecule has 2 N–H and O–H groups in total. The summed E-state index contributed by atoms with van der Waals surface area (Å²) < 4.78 is 5.54. The molecule has 3 aliphatic rings. The van der Waals surface area contributed by atoms with E-state index < -0.39 is 5.60 Å². The molecular formula is C25H39N3O2. The molecule has 5 nitrogen and oxygen atoms in total. The number of hydrogen-bond acceptors (Lipinski definition) is 4. The number of benzene rings is 1. The molecule has 1 aliphatic heterocycles. The Morgan fingerprint density at radius 2 is 1.77 bits per heavy atom. The quantitative estimate of drug-likeness (QED) is 0.722. The number of carbonyl (C=O) groups is 1. The molecule has 2 aliphatic carbocycles. The van der Waals surface area contributed by atoms with Crippen LogP contribution in [-0.2, 0) is 4.74 Å². The molecule has 1 saturated heterocycles. The SMILES string of the molecule is C[C@H](N)c1ccc(C(CC2CC2)N2CC3(CC(N(C)C(=O)OC(C)(C)C)C3)C2)cc1. The van der Waals surface area contributed by atoms with Gasteiger partial charge in [-0.05, 0) is 69.4 Å². The molecule has 30 heavy (non-hydrogen) atoms. The molecule has 0 bridgehead atoms. The van der Waals surface area contributed by atoms with Crippen LogP contribution in [0.15, 0.2) is 24.3 Å². The van der Waals surface area contributed by atoms with E-state index in [1.165, 1.54) is 30.4 Å². The van der Waals surface area contributed by atoms with Crippen LogP contribution in [0.3, 0.4) is 0 Å². The zero-order chi connectivity index (χ0) is 21.7. The first-order valence-electron chi connectivity index (χ1n) is 11.6. The largest absolute Gasteiger partial charge is 0.444 e. The van der Waals surface area contributed by atoms with Gasteiger partial charge in [-0.1, -0.05) is 37.1 Å². The molecule has 1 heterocycles. The summed E-state index contributed by atoms with van der Waals surface area (Å²) in [5, 5.41) is 0. The van der Waals surface area contributed by atoms with Crippen LogP contribution in [0.2, 0.25) is 0 Å². The molecule has 2 atom stereocenters. The number of rotatable bonds is 6. The zero-order valence-corrected chi connectivity index (χ0v) is 19.4. The van der Waals surface area contributed by atoms with Crippen LogP contribution in [0.4, 0.5) is 4.79 Å². The Bertz CT molecular complexity index is 750. The van der Waals surface area contributed by atoms with Crippen molar-refractivity contribution in [1.82, 2.24) is 9.80 Å². The first-order valence-corrected chi connectivity index (χ1v) is 11.6. The fourth-order valence-corrected chi connectivity index (χ4v) is 5.18. The van der Waals surface area contributed by atoms with Crippen molar-refractivity contribution in [1.29, 1.82) is 0 Å². The van der Waals surface area contributed by atoms with Crippen molar-refractivity contribution in [2.24, 2.45) is 17.1 Å². The molecule has 166 valence electrons. The van der Waals surface area contributed by atoms with E-state index in [0.717, 1.165) is 31.8 Å². The number of amides is 1. The number of likely N-dealkylation sites (tertiary alicyclic amines) is 1. The lowest BCUT2D eigenvalue weighted by atomic mass is 9.59. The van der Waals surface area contributed by atoms with Crippen LogP contribution >= 0.6 is 0 Å². The summed E-state index contributed by atoms with van der Waals surface area (Å²) >= 11 is 0. The van der Waals surface area contributed by atoms with Crippen molar-refractivity contribution in [3.05, 3.63) is 35.4 Å². The Morgan fingerprint density at radius 1 is 1.20 bits per heavy atom. The molecule has 1 aromatic rings. The second-order valence-electron chi connectivity index (χ2n) is 11.2. The van der Waals surface area contributed by atoms with Crippen molar-refractivity contribution in [3.8, 4) is 0 Å². The van der Waals surface area contributed by atoms with Gasteiger partial charge in [0.15, 0.2) is 0 Å².